The van der Waals surface area contributed by atoms with Gasteiger partial charge in [-0.15, -0.1) is 0 Å². The normalized spacial score (nSPS) is 24.0. The zero-order chi connectivity index (χ0) is 26.9. The van der Waals surface area contributed by atoms with Crippen LogP contribution in [0.4, 0.5) is 5.69 Å². The average molecular weight is 531 g/mol. The van der Waals surface area contributed by atoms with Crippen LogP contribution in [0, 0.1) is 0 Å². The highest BCUT2D eigenvalue weighted by Crippen LogP contribution is 2.49. The molecule has 13 heteroatoms. The zero-order valence-electron chi connectivity index (χ0n) is 21.0. The van der Waals surface area contributed by atoms with Crippen LogP contribution in [0.1, 0.15) is 41.0 Å². The van der Waals surface area contributed by atoms with E-state index in [2.05, 4.69) is 0 Å². The van der Waals surface area contributed by atoms with E-state index in [1.54, 1.807) is 38.1 Å². The van der Waals surface area contributed by atoms with Crippen molar-refractivity contribution in [3.63, 3.8) is 0 Å². The predicted octanol–water partition coefficient (Wildman–Crippen LogP) is 2.82. The number of anilines is 1. The van der Waals surface area contributed by atoms with Crippen LogP contribution < -0.4 is 10.5 Å². The van der Waals surface area contributed by atoms with Crippen molar-refractivity contribution in [3.8, 4) is 5.75 Å². The lowest BCUT2D eigenvalue weighted by Gasteiger charge is -2.44. The van der Waals surface area contributed by atoms with Gasteiger partial charge in [0, 0.05) is 26.5 Å². The van der Waals surface area contributed by atoms with Crippen molar-refractivity contribution in [1.29, 1.82) is 0 Å². The van der Waals surface area contributed by atoms with Gasteiger partial charge in [0.25, 0.3) is 0 Å². The number of hydrogen-bond donors (Lipinski definition) is 1. The monoisotopic (exact) mass is 531 g/mol. The highest BCUT2D eigenvalue weighted by atomic mass is 31.2. The summed E-state index contributed by atoms with van der Waals surface area (Å²) in [6.45, 7) is 7.17. The Bertz CT molecular complexity index is 928. The minimum absolute atomic E-state index is 0.0153. The summed E-state index contributed by atoms with van der Waals surface area (Å²) < 4.78 is 52.1. The van der Waals surface area contributed by atoms with Crippen molar-refractivity contribution < 1.29 is 51.7 Å². The zero-order valence-corrected chi connectivity index (χ0v) is 21.9. The number of nitrogen functional groups attached to an aromatic ring is 1. The van der Waals surface area contributed by atoms with Crippen LogP contribution >= 0.6 is 7.60 Å². The molecule has 1 aliphatic heterocycles. The molecule has 0 aliphatic carbocycles. The molecule has 5 atom stereocenters. The van der Waals surface area contributed by atoms with Gasteiger partial charge in [0.2, 0.25) is 12.4 Å². The number of esters is 3. The molecule has 0 saturated carbocycles. The van der Waals surface area contributed by atoms with E-state index >= 15 is 0 Å². The van der Waals surface area contributed by atoms with Gasteiger partial charge in [-0.2, -0.15) is 0 Å². The lowest BCUT2D eigenvalue weighted by atomic mass is 9.96. The lowest BCUT2D eigenvalue weighted by Crippen LogP contribution is -2.62. The molecule has 1 fully saturated rings. The third kappa shape index (κ3) is 8.77. The fourth-order valence-electron chi connectivity index (χ4n) is 3.71. The SMILES string of the molecule is CCOP(=O)(CC[C@H]1O[C@H](Oc2ccc(N)cc2)[C@@H](OC(C)=O)[C@@H](OC(C)=O)[C@@H]1OC(C)=O)OCC. The van der Waals surface area contributed by atoms with Gasteiger partial charge < -0.3 is 38.5 Å². The number of nitrogens with two attached hydrogens (primary N) is 1. The summed E-state index contributed by atoms with van der Waals surface area (Å²) in [4.78, 5) is 35.9. The molecule has 1 aliphatic rings. The van der Waals surface area contributed by atoms with Crippen molar-refractivity contribution in [3.05, 3.63) is 24.3 Å². The van der Waals surface area contributed by atoms with Gasteiger partial charge >= 0.3 is 25.5 Å². The van der Waals surface area contributed by atoms with E-state index in [-0.39, 0.29) is 25.8 Å². The molecule has 0 spiro atoms. The van der Waals surface area contributed by atoms with E-state index in [4.69, 9.17) is 38.5 Å². The smallest absolute Gasteiger partial charge is 0.330 e. The molecular weight excluding hydrogens is 497 g/mol. The Balaban J connectivity index is 2.45. The summed E-state index contributed by atoms with van der Waals surface area (Å²) in [5.74, 6) is -1.78. The first-order chi connectivity index (χ1) is 17.0. The maximum atomic E-state index is 13.1. The summed E-state index contributed by atoms with van der Waals surface area (Å²) in [6, 6.07) is 6.36. The molecule has 202 valence electrons. The Morgan fingerprint density at radius 2 is 1.36 bits per heavy atom. The molecule has 1 aromatic carbocycles. The summed E-state index contributed by atoms with van der Waals surface area (Å²) >= 11 is 0. The highest BCUT2D eigenvalue weighted by Gasteiger charge is 2.53. The molecule has 0 aromatic heterocycles. The second kappa shape index (κ2) is 13.6. The van der Waals surface area contributed by atoms with Crippen LogP contribution in [0.2, 0.25) is 0 Å². The third-order valence-electron chi connectivity index (χ3n) is 4.97. The minimum Gasteiger partial charge on any atom is -0.461 e. The molecule has 1 heterocycles. The van der Waals surface area contributed by atoms with Gasteiger partial charge in [-0.3, -0.25) is 18.9 Å². The van der Waals surface area contributed by atoms with Crippen molar-refractivity contribution in [2.75, 3.05) is 25.1 Å². The third-order valence-corrected chi connectivity index (χ3v) is 7.08. The Hall–Kier alpha value is -2.66. The van der Waals surface area contributed by atoms with Crippen LogP contribution in [0.5, 0.6) is 5.75 Å². The van der Waals surface area contributed by atoms with Crippen LogP contribution in [-0.4, -0.2) is 68.0 Å². The maximum absolute atomic E-state index is 13.1. The Kier molecular flexibility index (Phi) is 11.2. The molecular formula is C23H34NO11P. The van der Waals surface area contributed by atoms with Gasteiger partial charge in [0.1, 0.15) is 11.9 Å². The van der Waals surface area contributed by atoms with Crippen molar-refractivity contribution in [1.82, 2.24) is 0 Å². The topological polar surface area (TPSA) is 159 Å². The van der Waals surface area contributed by atoms with Gasteiger partial charge in [-0.05, 0) is 44.5 Å². The predicted molar refractivity (Wildman–Crippen MR) is 127 cm³/mol. The van der Waals surface area contributed by atoms with Crippen molar-refractivity contribution in [2.24, 2.45) is 0 Å². The number of benzene rings is 1. The quantitative estimate of drug-likeness (QED) is 0.182. The second-order valence-corrected chi connectivity index (χ2v) is 10.1. The average Bonchev–Trinajstić information content (AvgIpc) is 2.77. The van der Waals surface area contributed by atoms with Crippen LogP contribution in [0.15, 0.2) is 24.3 Å². The molecule has 0 radical (unpaired) electrons. The maximum Gasteiger partial charge on any atom is 0.330 e. The summed E-state index contributed by atoms with van der Waals surface area (Å²) in [7, 11) is -3.49. The van der Waals surface area contributed by atoms with Crippen LogP contribution in [0.3, 0.4) is 0 Å². The van der Waals surface area contributed by atoms with E-state index in [9.17, 15) is 18.9 Å². The summed E-state index contributed by atoms with van der Waals surface area (Å²) in [5, 5.41) is 0. The Labute approximate surface area is 210 Å². The fraction of sp³-hybridized carbons (Fsp3) is 0.609. The molecule has 0 bridgehead atoms. The number of hydrogen-bond acceptors (Lipinski definition) is 12. The standard InChI is InChI=1S/C23H34NO11P/c1-6-29-36(28,30-7-2)13-12-19-20(31-14(3)25)21(32-15(4)26)22(33-16(5)27)23(35-19)34-18-10-8-17(24)9-11-18/h8-11,19-23H,6-7,12-13,24H2,1-5H3/t19-,20-,21+,22+,23+/m1/s1. The molecule has 1 aromatic rings. The number of rotatable bonds is 12. The molecule has 2 N–H and O–H groups in total. The Morgan fingerprint density at radius 3 is 1.86 bits per heavy atom. The Morgan fingerprint density at radius 1 is 0.861 bits per heavy atom. The molecule has 1 saturated heterocycles. The van der Waals surface area contributed by atoms with Crippen molar-refractivity contribution >= 4 is 31.2 Å². The highest BCUT2D eigenvalue weighted by molar-refractivity contribution is 7.53. The first kappa shape index (κ1) is 29.6. The molecule has 0 unspecified atom stereocenters. The van der Waals surface area contributed by atoms with E-state index in [1.807, 2.05) is 0 Å². The molecule has 36 heavy (non-hydrogen) atoms. The molecule has 12 nitrogen and oxygen atoms in total. The van der Waals surface area contributed by atoms with E-state index in [0.29, 0.717) is 11.4 Å². The van der Waals surface area contributed by atoms with Gasteiger partial charge in [-0.1, -0.05) is 0 Å². The van der Waals surface area contributed by atoms with Gasteiger partial charge in [0.05, 0.1) is 19.4 Å². The van der Waals surface area contributed by atoms with Crippen LogP contribution in [0.25, 0.3) is 0 Å². The van der Waals surface area contributed by atoms with E-state index in [1.165, 1.54) is 13.8 Å². The van der Waals surface area contributed by atoms with Gasteiger partial charge in [-0.25, -0.2) is 0 Å². The fourth-order valence-corrected chi connectivity index (χ4v) is 5.40. The van der Waals surface area contributed by atoms with Crippen LogP contribution in [-0.2, 0) is 46.9 Å². The van der Waals surface area contributed by atoms with E-state index < -0.39 is 56.2 Å². The molecule has 0 amide bonds. The number of ether oxygens (including phenoxy) is 5. The minimum atomic E-state index is -3.49. The van der Waals surface area contributed by atoms with E-state index in [0.717, 1.165) is 6.92 Å². The lowest BCUT2D eigenvalue weighted by molar-refractivity contribution is -0.283. The first-order valence-corrected chi connectivity index (χ1v) is 13.3. The number of carbonyl (C=O) groups excluding carboxylic acids is 3. The first-order valence-electron chi connectivity index (χ1n) is 11.6. The van der Waals surface area contributed by atoms with Gasteiger partial charge in [0.15, 0.2) is 12.2 Å². The second-order valence-electron chi connectivity index (χ2n) is 7.91. The number of carbonyl (C=O) groups is 3. The summed E-state index contributed by atoms with van der Waals surface area (Å²) in [6.07, 6.45) is -6.13. The largest absolute Gasteiger partial charge is 0.461 e. The summed E-state index contributed by atoms with van der Waals surface area (Å²) in [5.41, 5.74) is 6.23. The molecule has 2 rings (SSSR count). The van der Waals surface area contributed by atoms with Crippen molar-refractivity contribution in [2.45, 2.75) is 71.7 Å².